The van der Waals surface area contributed by atoms with Crippen molar-refractivity contribution in [2.75, 3.05) is 37.6 Å². The molecule has 127 heavy (non-hydrogen) atoms. The normalized spacial score (nSPS) is 16.0. The lowest BCUT2D eigenvalue weighted by Crippen LogP contribution is -2.63. The zero-order valence-electron chi connectivity index (χ0n) is 73.2. The van der Waals surface area contributed by atoms with E-state index in [1.165, 1.54) is 43.0 Å². The van der Waals surface area contributed by atoms with Crippen LogP contribution in [0, 0.1) is 23.7 Å². The SMILES string of the molecule is CC[C@H](C)[C@H](NC(=O)[C@@H](N)CC(C)C)C(=O)N[C@@H](CC(C)C)C(=O)N[C@@H](CCC(=O)O)C(=O)N[C@@H](CO)C(=O)N[C@@H](C)C(=O)N[C@@H](CO)C(=O)N[C@H](C(=O)N[C@@H](CC(N)=O)C(=O)N[C@@H](CCC(N)=O)C(=O)N[C@H](C(=O)N[C@@H](CO)C(=O)N[C@@H](CCSC)C(=O)N[C@@H](Cc1ccc(O)cc1)C(=O)N[C@@H](CC(C)C)C(=O)N[C@@H](CS)C(=O)N[C@@H](C)C(=O)O)[C@@H](C)O)[C@@H](C)O. The number of thioether (sulfide) groups is 1. The summed E-state index contributed by atoms with van der Waals surface area (Å²) in [5.74, 6) is -25.0. The van der Waals surface area contributed by atoms with Crippen LogP contribution in [0.5, 0.6) is 5.75 Å². The average Bonchev–Trinajstić information content (AvgIpc) is 0.854. The standard InChI is InChI=1S/C78H129N19O28S2/c1-14-37(8)59(95-63(109)44(79)25-34(2)3)75(121)89-49(27-36(6)7)67(113)85-46(20-22-58(106)107)64(110)92-52(30-98)71(117)82-38(9)62(108)91-54(32-100)73(119)97-60(40(11)101)76(122)90-51(29-57(81)105)70(116)84-45(19-21-56(80)104)66(112)96-61(41(12)102)77(123)93-53(31-99)72(118)86-47(23-24-127-13)65(111)88-50(28-42-15-17-43(103)18-16-42)69(115)87-48(26-35(4)5)68(114)94-55(33-126)74(120)83-39(10)78(124)125/h15-18,34-41,44-55,59-61,98-103,126H,14,19-33,79H2,1-13H3,(H2,80,104)(H2,81,105)(H,82,117)(H,83,120)(H,84,116)(H,85,113)(H,86,118)(H,87,115)(H,88,111)(H,89,121)(H,90,122)(H,91,108)(H,92,110)(H,93,123)(H,94,114)(H,95,109)(H,96,112)(H,97,119)(H,106,107)(H,124,125)/t37-,38-,39-,40+,41+,44-,45-,46-,47-,48-,49-,50-,51-,52-,53-,54-,55-,59-,60-,61-/m0/s1. The number of nitrogens with two attached hydrogens (primary N) is 3. The van der Waals surface area contributed by atoms with E-state index in [0.717, 1.165) is 20.8 Å². The number of thiol groups is 1. The number of carbonyl (C=O) groups is 20. The summed E-state index contributed by atoms with van der Waals surface area (Å²) in [6.45, 7) is 14.4. The minimum absolute atomic E-state index is 0.0325. The summed E-state index contributed by atoms with van der Waals surface area (Å²) >= 11 is 5.32. The highest BCUT2D eigenvalue weighted by Crippen LogP contribution is 2.18. The number of benzene rings is 1. The lowest BCUT2D eigenvalue weighted by molar-refractivity contribution is -0.141. The molecule has 0 saturated carbocycles. The van der Waals surface area contributed by atoms with Crippen LogP contribution in [-0.2, 0) is 102 Å². The van der Waals surface area contributed by atoms with Crippen molar-refractivity contribution in [2.45, 2.75) is 269 Å². The summed E-state index contributed by atoms with van der Waals surface area (Å²) in [6, 6.07) is -23.4. The molecule has 0 aliphatic heterocycles. The quantitative estimate of drug-likeness (QED) is 0.0269. The Labute approximate surface area is 743 Å². The zero-order chi connectivity index (χ0) is 97.1. The molecular formula is C78H129N19O28S2. The Kier molecular flexibility index (Phi) is 51.6. The van der Waals surface area contributed by atoms with Crippen molar-refractivity contribution in [1.29, 1.82) is 0 Å². The van der Waals surface area contributed by atoms with Crippen molar-refractivity contribution in [3.8, 4) is 5.75 Å². The van der Waals surface area contributed by atoms with Crippen LogP contribution in [0.4, 0.5) is 0 Å². The largest absolute Gasteiger partial charge is 0.508 e. The molecule has 0 aromatic heterocycles. The van der Waals surface area contributed by atoms with E-state index >= 15 is 0 Å². The molecule has 30 N–H and O–H groups in total. The molecule has 0 radical (unpaired) electrons. The number of primary amides is 2. The van der Waals surface area contributed by atoms with E-state index in [9.17, 15) is 137 Å². The van der Waals surface area contributed by atoms with Gasteiger partial charge in [-0.3, -0.25) is 95.9 Å². The van der Waals surface area contributed by atoms with Crippen molar-refractivity contribution in [3.05, 3.63) is 29.8 Å². The lowest BCUT2D eigenvalue weighted by atomic mass is 9.95. The number of aliphatic hydroxyl groups is 5. The Morgan fingerprint density at radius 2 is 0.709 bits per heavy atom. The molecule has 20 atom stereocenters. The fraction of sp³-hybridized carbons (Fsp3) is 0.667. The minimum Gasteiger partial charge on any atom is -0.508 e. The summed E-state index contributed by atoms with van der Waals surface area (Å²) in [5, 5.41) is 119. The van der Waals surface area contributed by atoms with Crippen LogP contribution < -0.4 is 102 Å². The number of aliphatic hydroxyl groups excluding tert-OH is 5. The number of nitrogens with one attached hydrogen (secondary N) is 16. The molecule has 47 nitrogen and oxygen atoms in total. The molecule has 0 aliphatic carbocycles. The van der Waals surface area contributed by atoms with E-state index in [1.807, 2.05) is 19.2 Å². The van der Waals surface area contributed by atoms with Crippen molar-refractivity contribution >= 4 is 143 Å². The average molecular weight is 1850 g/mol. The van der Waals surface area contributed by atoms with Crippen molar-refractivity contribution in [2.24, 2.45) is 40.9 Å². The molecule has 0 unspecified atom stereocenters. The van der Waals surface area contributed by atoms with Gasteiger partial charge in [0.15, 0.2) is 0 Å². The second-order valence-electron chi connectivity index (χ2n) is 31.8. The molecule has 49 heteroatoms. The molecule has 0 spiro atoms. The topological polar surface area (TPSA) is 774 Å². The van der Waals surface area contributed by atoms with Gasteiger partial charge in [0.2, 0.25) is 106 Å². The number of hydrogen-bond acceptors (Lipinski definition) is 29. The van der Waals surface area contributed by atoms with E-state index in [4.69, 9.17) is 17.2 Å². The molecule has 0 saturated heterocycles. The number of hydrogen-bond donors (Lipinski definition) is 28. The zero-order valence-corrected chi connectivity index (χ0v) is 74.9. The maximum absolute atomic E-state index is 14.4. The first-order valence-corrected chi connectivity index (χ1v) is 43.0. The number of carboxylic acid groups (broad SMARTS) is 2. The van der Waals surface area contributed by atoms with Crippen LogP contribution in [0.3, 0.4) is 0 Å². The van der Waals surface area contributed by atoms with E-state index in [1.54, 1.807) is 47.8 Å². The minimum atomic E-state index is -2.17. The van der Waals surface area contributed by atoms with Gasteiger partial charge in [-0.1, -0.05) is 73.9 Å². The summed E-state index contributed by atoms with van der Waals surface area (Å²) in [7, 11) is 0. The monoisotopic (exact) mass is 1840 g/mol. The van der Waals surface area contributed by atoms with E-state index in [2.05, 4.69) is 92.4 Å². The Balaban J connectivity index is 3.49. The molecule has 1 aromatic rings. The highest BCUT2D eigenvalue weighted by atomic mass is 32.2. The van der Waals surface area contributed by atoms with Gasteiger partial charge in [-0.05, 0) is 120 Å². The molecule has 716 valence electrons. The van der Waals surface area contributed by atoms with Gasteiger partial charge in [-0.15, -0.1) is 0 Å². The molecule has 0 heterocycles. The first-order chi connectivity index (χ1) is 59.3. The molecule has 1 rings (SSSR count). The van der Waals surface area contributed by atoms with Crippen LogP contribution in [-0.4, -0.2) is 312 Å². The third-order valence-electron chi connectivity index (χ3n) is 19.3. The number of phenols is 1. The number of carbonyl (C=O) groups excluding carboxylic acids is 18. The molecule has 0 fully saturated rings. The van der Waals surface area contributed by atoms with Crippen LogP contribution in [0.25, 0.3) is 0 Å². The number of carboxylic acids is 2. The maximum Gasteiger partial charge on any atom is 0.325 e. The van der Waals surface area contributed by atoms with Crippen molar-refractivity contribution < 1.29 is 137 Å². The van der Waals surface area contributed by atoms with Gasteiger partial charge in [-0.25, -0.2) is 0 Å². The summed E-state index contributed by atoms with van der Waals surface area (Å²) in [6.07, 6.45) is -6.06. The second-order valence-corrected chi connectivity index (χ2v) is 33.1. The summed E-state index contributed by atoms with van der Waals surface area (Å²) in [5.41, 5.74) is 17.3. The van der Waals surface area contributed by atoms with Gasteiger partial charge < -0.3 is 143 Å². The van der Waals surface area contributed by atoms with Gasteiger partial charge in [0, 0.05) is 25.0 Å². The number of aromatic hydroxyl groups is 1. The Bertz CT molecular complexity index is 3920. The maximum atomic E-state index is 14.4. The van der Waals surface area contributed by atoms with Gasteiger partial charge in [0.05, 0.1) is 44.5 Å². The highest BCUT2D eigenvalue weighted by molar-refractivity contribution is 7.98. The second kappa shape index (κ2) is 57.6. The van der Waals surface area contributed by atoms with Gasteiger partial charge >= 0.3 is 11.9 Å². The number of aliphatic carboxylic acids is 2. The van der Waals surface area contributed by atoms with Crippen molar-refractivity contribution in [1.82, 2.24) is 85.1 Å². The highest BCUT2D eigenvalue weighted by Gasteiger charge is 2.41. The summed E-state index contributed by atoms with van der Waals surface area (Å²) in [4.78, 5) is 269. The van der Waals surface area contributed by atoms with E-state index in [0.29, 0.717) is 18.4 Å². The first kappa shape index (κ1) is 114. The van der Waals surface area contributed by atoms with Crippen LogP contribution in [0.1, 0.15) is 153 Å². The van der Waals surface area contributed by atoms with Gasteiger partial charge in [-0.2, -0.15) is 24.4 Å². The number of rotatable bonds is 60. The number of amides is 18. The summed E-state index contributed by atoms with van der Waals surface area (Å²) < 4.78 is 0. The number of phenolic OH excluding ortho intramolecular Hbond substituents is 1. The van der Waals surface area contributed by atoms with Crippen molar-refractivity contribution in [3.63, 3.8) is 0 Å². The van der Waals surface area contributed by atoms with E-state index < -0.39 is 291 Å². The predicted octanol–water partition coefficient (Wildman–Crippen LogP) is -9.25. The van der Waals surface area contributed by atoms with Crippen LogP contribution >= 0.6 is 24.4 Å². The Morgan fingerprint density at radius 1 is 0.378 bits per heavy atom. The van der Waals surface area contributed by atoms with E-state index in [-0.39, 0.29) is 60.7 Å². The van der Waals surface area contributed by atoms with Gasteiger partial charge in [0.1, 0.15) is 102 Å². The first-order valence-electron chi connectivity index (χ1n) is 41.0. The van der Waals surface area contributed by atoms with Crippen LogP contribution in [0.2, 0.25) is 0 Å². The Morgan fingerprint density at radius 3 is 1.13 bits per heavy atom. The fourth-order valence-electron chi connectivity index (χ4n) is 11.9. The molecule has 0 bridgehead atoms. The smallest absolute Gasteiger partial charge is 0.325 e. The lowest BCUT2D eigenvalue weighted by Gasteiger charge is -2.29. The van der Waals surface area contributed by atoms with Crippen LogP contribution in [0.15, 0.2) is 24.3 Å². The molecule has 0 aliphatic rings. The molecular weight excluding hydrogens is 1720 g/mol. The fourth-order valence-corrected chi connectivity index (χ4v) is 12.6. The van der Waals surface area contributed by atoms with Gasteiger partial charge in [0.25, 0.3) is 0 Å². The molecule has 18 amide bonds. The third-order valence-corrected chi connectivity index (χ3v) is 20.3. The molecule has 1 aromatic carbocycles. The Hall–Kier alpha value is -11.1. The third kappa shape index (κ3) is 41.9. The predicted molar refractivity (Wildman–Crippen MR) is 458 cm³/mol.